The van der Waals surface area contributed by atoms with Crippen LogP contribution in [-0.2, 0) is 12.8 Å². The zero-order valence-electron chi connectivity index (χ0n) is 28.3. The highest BCUT2D eigenvalue weighted by Gasteiger charge is 2.38. The van der Waals surface area contributed by atoms with E-state index in [2.05, 4.69) is 27.7 Å². The van der Waals surface area contributed by atoms with Gasteiger partial charge in [-0.1, -0.05) is 88.4 Å². The molecule has 0 bridgehead atoms. The number of nitrogens with zero attached hydrogens (tertiary/aromatic N) is 2. The smallest absolute Gasteiger partial charge is 0.265 e. The van der Waals surface area contributed by atoms with Crippen LogP contribution in [0.3, 0.4) is 0 Å². The summed E-state index contributed by atoms with van der Waals surface area (Å²) >= 11 is 0. The summed E-state index contributed by atoms with van der Waals surface area (Å²) in [4.78, 5) is 59.8. The van der Waals surface area contributed by atoms with E-state index >= 15 is 0 Å². The van der Waals surface area contributed by atoms with Gasteiger partial charge in [0, 0.05) is 33.0 Å². The van der Waals surface area contributed by atoms with Crippen LogP contribution in [0.4, 0.5) is 11.4 Å². The van der Waals surface area contributed by atoms with Crippen molar-refractivity contribution >= 4 is 78.1 Å². The summed E-state index contributed by atoms with van der Waals surface area (Å²) in [5.41, 5.74) is 5.08. The van der Waals surface area contributed by atoms with Gasteiger partial charge in [-0.25, -0.2) is 9.80 Å². The molecule has 2 heterocycles. The fraction of sp³-hybridized carbons (Fsp3) is 0.182. The minimum atomic E-state index is -0.340. The van der Waals surface area contributed by atoms with Crippen LogP contribution >= 0.6 is 0 Å². The summed E-state index contributed by atoms with van der Waals surface area (Å²) in [7, 11) is 0. The quantitative estimate of drug-likeness (QED) is 0.102. The number of hydrogen-bond acceptors (Lipinski definition) is 4. The Morgan fingerprint density at radius 3 is 1.00 bits per heavy atom. The van der Waals surface area contributed by atoms with E-state index < -0.39 is 0 Å². The van der Waals surface area contributed by atoms with E-state index in [-0.39, 0.29) is 23.6 Å². The Balaban J connectivity index is 1.25. The second-order valence-corrected chi connectivity index (χ2v) is 14.5. The highest BCUT2D eigenvalue weighted by molar-refractivity contribution is 6.45. The summed E-state index contributed by atoms with van der Waals surface area (Å²) in [6.45, 7) is 8.48. The van der Waals surface area contributed by atoms with E-state index in [1.165, 1.54) is 9.80 Å². The van der Waals surface area contributed by atoms with Crippen molar-refractivity contribution in [1.82, 2.24) is 0 Å². The summed E-state index contributed by atoms with van der Waals surface area (Å²) in [5, 5.41) is 6.45. The molecule has 0 N–H and O–H groups in total. The topological polar surface area (TPSA) is 74.8 Å². The molecule has 9 rings (SSSR count). The van der Waals surface area contributed by atoms with Gasteiger partial charge in [-0.2, -0.15) is 0 Å². The Kier molecular flexibility index (Phi) is 6.53. The lowest BCUT2D eigenvalue weighted by molar-refractivity contribution is 0.0877. The average molecular weight is 655 g/mol. The molecule has 0 aromatic heterocycles. The van der Waals surface area contributed by atoms with Gasteiger partial charge in [0.15, 0.2) is 0 Å². The molecule has 0 unspecified atom stereocenters. The lowest BCUT2D eigenvalue weighted by Gasteiger charge is -2.31. The van der Waals surface area contributed by atoms with Crippen molar-refractivity contribution < 1.29 is 19.2 Å². The molecule has 2 aliphatic heterocycles. The minimum absolute atomic E-state index is 0.340. The number of hydrogen-bond donors (Lipinski definition) is 0. The second kappa shape index (κ2) is 10.8. The van der Waals surface area contributed by atoms with Crippen molar-refractivity contribution in [1.29, 1.82) is 0 Å². The molecule has 2 aliphatic rings. The van der Waals surface area contributed by atoms with Crippen LogP contribution in [0, 0.1) is 11.8 Å². The summed E-state index contributed by atoms with van der Waals surface area (Å²) in [6.07, 6.45) is 1.48. The van der Waals surface area contributed by atoms with Crippen LogP contribution in [0.25, 0.3) is 43.1 Å². The largest absolute Gasteiger partial charge is 0.268 e. The molecule has 7 aromatic carbocycles. The first kappa shape index (κ1) is 30.2. The van der Waals surface area contributed by atoms with Crippen molar-refractivity contribution in [2.24, 2.45) is 11.8 Å². The van der Waals surface area contributed by atoms with E-state index in [4.69, 9.17) is 0 Å². The summed E-state index contributed by atoms with van der Waals surface area (Å²) < 4.78 is 0. The molecule has 4 amide bonds. The van der Waals surface area contributed by atoms with Gasteiger partial charge in [0.1, 0.15) is 0 Å². The van der Waals surface area contributed by atoms with E-state index in [1.54, 1.807) is 0 Å². The van der Waals surface area contributed by atoms with Gasteiger partial charge in [-0.3, -0.25) is 19.2 Å². The van der Waals surface area contributed by atoms with Gasteiger partial charge in [-0.15, -0.1) is 0 Å². The van der Waals surface area contributed by atoms with Gasteiger partial charge < -0.3 is 0 Å². The molecule has 7 aromatic rings. The highest BCUT2D eigenvalue weighted by Crippen LogP contribution is 2.47. The molecule has 0 atom stereocenters. The van der Waals surface area contributed by atoms with Crippen LogP contribution in [-0.4, -0.2) is 23.6 Å². The SMILES string of the molecule is CC(C)Cc1ccccc1N1C(=O)c2ccc3c4ccc5c6c(ccc(c7ccc(c2c37)C1=O)c64)C(=O)N(c1ccccc1CC(C)C)C5=O. The molecule has 0 fully saturated rings. The maximum Gasteiger partial charge on any atom is 0.265 e. The number of carbonyl (C=O) groups is 4. The molecular weight excluding hydrogens is 620 g/mol. The first-order valence-electron chi connectivity index (χ1n) is 17.3. The molecule has 0 radical (unpaired) electrons. The first-order valence-corrected chi connectivity index (χ1v) is 17.3. The number of benzene rings is 7. The molecule has 0 saturated carbocycles. The Morgan fingerprint density at radius 1 is 0.400 bits per heavy atom. The number of fused-ring (bicyclic) bond motifs is 2. The van der Waals surface area contributed by atoms with Crippen molar-refractivity contribution in [3.05, 3.63) is 130 Å². The summed E-state index contributed by atoms with van der Waals surface area (Å²) in [5.74, 6) is -0.661. The maximum atomic E-state index is 14.3. The van der Waals surface area contributed by atoms with E-state index in [0.717, 1.165) is 56.3 Å². The van der Waals surface area contributed by atoms with Gasteiger partial charge in [0.25, 0.3) is 23.6 Å². The zero-order chi connectivity index (χ0) is 34.6. The highest BCUT2D eigenvalue weighted by atomic mass is 16.2. The zero-order valence-corrected chi connectivity index (χ0v) is 28.3. The minimum Gasteiger partial charge on any atom is -0.268 e. The average Bonchev–Trinajstić information content (AvgIpc) is 3.10. The number of anilines is 2. The molecule has 6 heteroatoms. The lowest BCUT2D eigenvalue weighted by Crippen LogP contribution is -2.41. The number of amides is 4. The van der Waals surface area contributed by atoms with Crippen LogP contribution < -0.4 is 9.80 Å². The number of rotatable bonds is 6. The van der Waals surface area contributed by atoms with E-state index in [9.17, 15) is 19.2 Å². The van der Waals surface area contributed by atoms with Crippen LogP contribution in [0.15, 0.2) is 97.1 Å². The number of imide groups is 2. The monoisotopic (exact) mass is 654 g/mol. The predicted molar refractivity (Wildman–Crippen MR) is 200 cm³/mol. The maximum absolute atomic E-state index is 14.3. The van der Waals surface area contributed by atoms with Gasteiger partial charge in [0.2, 0.25) is 0 Å². The third-order valence-corrected chi connectivity index (χ3v) is 10.4. The lowest BCUT2D eigenvalue weighted by atomic mass is 9.82. The molecule has 0 aliphatic carbocycles. The fourth-order valence-corrected chi connectivity index (χ4v) is 8.39. The van der Waals surface area contributed by atoms with Crippen LogP contribution in [0.1, 0.15) is 80.3 Å². The Bertz CT molecular complexity index is 2350. The molecule has 0 spiro atoms. The van der Waals surface area contributed by atoms with Crippen molar-refractivity contribution in [3.8, 4) is 0 Å². The van der Waals surface area contributed by atoms with Gasteiger partial charge in [0.05, 0.1) is 11.4 Å². The normalized spacial score (nSPS) is 14.6. The molecule has 0 saturated heterocycles. The fourth-order valence-electron chi connectivity index (χ4n) is 8.39. The standard InChI is InChI=1S/C44H34N2O4/c1-23(2)21-25-9-5-7-11-35(25)45-41(47)31-17-13-27-29-15-19-33-40-34(44(50)46(43(33)49)36-12-8-6-10-26(36)22-24(3)4)20-16-30(38(29)40)28-14-18-32(42(45)48)39(31)37(27)28/h5-20,23-24H,21-22H2,1-4H3. The Hall–Kier alpha value is -5.88. The Labute approximate surface area is 289 Å². The van der Waals surface area contributed by atoms with Crippen molar-refractivity contribution in [2.75, 3.05) is 9.80 Å². The van der Waals surface area contributed by atoms with Crippen molar-refractivity contribution in [3.63, 3.8) is 0 Å². The molecular formula is C44H34N2O4. The van der Waals surface area contributed by atoms with E-state index in [1.807, 2.05) is 97.1 Å². The van der Waals surface area contributed by atoms with Crippen LogP contribution in [0.2, 0.25) is 0 Å². The van der Waals surface area contributed by atoms with E-state index in [0.29, 0.717) is 56.2 Å². The molecule has 244 valence electrons. The molecule has 50 heavy (non-hydrogen) atoms. The third-order valence-electron chi connectivity index (χ3n) is 10.4. The van der Waals surface area contributed by atoms with Gasteiger partial charge in [-0.05, 0) is 105 Å². The third kappa shape index (κ3) is 4.08. The second-order valence-electron chi connectivity index (χ2n) is 14.5. The first-order chi connectivity index (χ1) is 24.2. The van der Waals surface area contributed by atoms with Crippen LogP contribution in [0.5, 0.6) is 0 Å². The number of carbonyl (C=O) groups excluding carboxylic acids is 4. The molecule has 6 nitrogen and oxygen atoms in total. The Morgan fingerprint density at radius 2 is 0.700 bits per heavy atom. The van der Waals surface area contributed by atoms with Gasteiger partial charge >= 0.3 is 0 Å². The predicted octanol–water partition coefficient (Wildman–Crippen LogP) is 9.74. The number of para-hydroxylation sites is 2. The van der Waals surface area contributed by atoms with Crippen molar-refractivity contribution in [2.45, 2.75) is 40.5 Å². The summed E-state index contributed by atoms with van der Waals surface area (Å²) in [6, 6.07) is 30.4.